The van der Waals surface area contributed by atoms with Crippen molar-refractivity contribution in [3.05, 3.63) is 76.7 Å². The van der Waals surface area contributed by atoms with Crippen molar-refractivity contribution in [3.63, 3.8) is 0 Å². The van der Waals surface area contributed by atoms with Crippen LogP contribution < -0.4 is 5.73 Å². The summed E-state index contributed by atoms with van der Waals surface area (Å²) in [5.41, 5.74) is 12.5. The number of ketones is 1. The van der Waals surface area contributed by atoms with Crippen LogP contribution in [0.5, 0.6) is 5.75 Å². The summed E-state index contributed by atoms with van der Waals surface area (Å²) in [6.45, 7) is 7.92. The number of aromatic hydroxyl groups is 1. The highest BCUT2D eigenvalue weighted by molar-refractivity contribution is 6.19. The van der Waals surface area contributed by atoms with Crippen LogP contribution >= 0.6 is 0 Å². The Hall–Kier alpha value is -4.21. The van der Waals surface area contributed by atoms with Crippen molar-refractivity contribution in [1.82, 2.24) is 24.4 Å². The molecule has 0 atom stereocenters. The van der Waals surface area contributed by atoms with Crippen LogP contribution in [0.1, 0.15) is 32.7 Å². The highest BCUT2D eigenvalue weighted by Gasteiger charge is 2.27. The molecular formula is C28H28N6O3. The third-order valence-electron chi connectivity index (χ3n) is 7.12. The van der Waals surface area contributed by atoms with Gasteiger partial charge in [0.05, 0.1) is 30.2 Å². The Kier molecular flexibility index (Phi) is 5.66. The summed E-state index contributed by atoms with van der Waals surface area (Å²) in [7, 11) is 0. The van der Waals surface area contributed by atoms with Gasteiger partial charge in [0, 0.05) is 48.5 Å². The second-order valence-corrected chi connectivity index (χ2v) is 9.52. The molecule has 0 spiro atoms. The van der Waals surface area contributed by atoms with Gasteiger partial charge in [0.2, 0.25) is 5.78 Å². The van der Waals surface area contributed by atoms with Crippen LogP contribution in [0.2, 0.25) is 0 Å². The molecule has 9 nitrogen and oxygen atoms in total. The van der Waals surface area contributed by atoms with E-state index in [0.29, 0.717) is 28.1 Å². The van der Waals surface area contributed by atoms with E-state index < -0.39 is 0 Å². The number of ether oxygens (including phenoxy) is 1. The van der Waals surface area contributed by atoms with Crippen molar-refractivity contribution in [1.29, 1.82) is 0 Å². The fraction of sp³-hybridized carbons (Fsp3) is 0.250. The predicted molar refractivity (Wildman–Crippen MR) is 142 cm³/mol. The first-order valence-corrected chi connectivity index (χ1v) is 12.3. The lowest BCUT2D eigenvalue weighted by Gasteiger charge is -2.26. The summed E-state index contributed by atoms with van der Waals surface area (Å²) in [6, 6.07) is 11.5. The first-order valence-electron chi connectivity index (χ1n) is 12.3. The Morgan fingerprint density at radius 3 is 2.70 bits per heavy atom. The van der Waals surface area contributed by atoms with Crippen molar-refractivity contribution in [3.8, 4) is 11.4 Å². The molecule has 2 aromatic carbocycles. The van der Waals surface area contributed by atoms with Gasteiger partial charge in [-0.25, -0.2) is 4.98 Å². The maximum atomic E-state index is 13.9. The van der Waals surface area contributed by atoms with E-state index in [0.717, 1.165) is 49.3 Å². The number of nitrogens with zero attached hydrogens (tertiary/aromatic N) is 4. The van der Waals surface area contributed by atoms with Crippen molar-refractivity contribution >= 4 is 33.7 Å². The van der Waals surface area contributed by atoms with Crippen LogP contribution in [0.4, 0.5) is 5.82 Å². The molecule has 1 fully saturated rings. The second kappa shape index (κ2) is 9.02. The molecule has 0 amide bonds. The number of nitrogens with two attached hydrogens (primary N) is 1. The van der Waals surface area contributed by atoms with E-state index in [-0.39, 0.29) is 22.9 Å². The SMILES string of the molecule is Cc1ccc(O)c(C)c1-n1c(N)c(C(=O)c2cc3cc(CN4CCOCC4)ccc3[nH]2)c2nccnc21. The summed E-state index contributed by atoms with van der Waals surface area (Å²) in [6.07, 6.45) is 3.12. The van der Waals surface area contributed by atoms with E-state index >= 15 is 0 Å². The number of phenols is 1. The number of carbonyl (C=O) groups is 1. The van der Waals surface area contributed by atoms with E-state index in [9.17, 15) is 9.90 Å². The number of hydrogen-bond donors (Lipinski definition) is 3. The molecule has 0 saturated carbocycles. The van der Waals surface area contributed by atoms with Crippen molar-refractivity contribution in [2.24, 2.45) is 0 Å². The average molecular weight is 497 g/mol. The molecule has 3 aromatic heterocycles. The number of aryl methyl sites for hydroxylation is 1. The summed E-state index contributed by atoms with van der Waals surface area (Å²) in [4.78, 5) is 28.5. The van der Waals surface area contributed by atoms with Crippen LogP contribution in [-0.4, -0.2) is 61.6 Å². The zero-order valence-corrected chi connectivity index (χ0v) is 20.8. The number of aromatic amines is 1. The van der Waals surface area contributed by atoms with E-state index in [1.165, 1.54) is 5.56 Å². The van der Waals surface area contributed by atoms with Crippen molar-refractivity contribution in [2.75, 3.05) is 32.0 Å². The molecule has 188 valence electrons. The third kappa shape index (κ3) is 3.92. The number of benzene rings is 2. The number of aromatic nitrogens is 4. The summed E-state index contributed by atoms with van der Waals surface area (Å²) >= 11 is 0. The second-order valence-electron chi connectivity index (χ2n) is 9.52. The first-order chi connectivity index (χ1) is 17.9. The molecule has 5 aromatic rings. The number of nitrogens with one attached hydrogen (secondary N) is 1. The van der Waals surface area contributed by atoms with Gasteiger partial charge in [0.1, 0.15) is 17.1 Å². The smallest absolute Gasteiger partial charge is 0.215 e. The molecule has 1 aliphatic heterocycles. The van der Waals surface area contributed by atoms with Gasteiger partial charge in [-0.1, -0.05) is 12.1 Å². The number of hydrogen-bond acceptors (Lipinski definition) is 7. The molecule has 0 unspecified atom stereocenters. The normalized spacial score (nSPS) is 14.5. The fourth-order valence-corrected chi connectivity index (χ4v) is 5.19. The zero-order chi connectivity index (χ0) is 25.7. The first kappa shape index (κ1) is 23.2. The van der Waals surface area contributed by atoms with Gasteiger partial charge in [-0.3, -0.25) is 19.2 Å². The number of phenolic OH excluding ortho intramolecular Hbond substituents is 1. The lowest BCUT2D eigenvalue weighted by atomic mass is 10.1. The van der Waals surface area contributed by atoms with Crippen LogP contribution in [0, 0.1) is 13.8 Å². The minimum absolute atomic E-state index is 0.141. The van der Waals surface area contributed by atoms with E-state index in [4.69, 9.17) is 10.5 Å². The molecule has 4 N–H and O–H groups in total. The number of nitrogen functional groups attached to an aromatic ring is 1. The highest BCUT2D eigenvalue weighted by atomic mass is 16.5. The van der Waals surface area contributed by atoms with Gasteiger partial charge < -0.3 is 20.6 Å². The number of morpholine rings is 1. The molecule has 0 radical (unpaired) electrons. The van der Waals surface area contributed by atoms with E-state index in [1.807, 2.05) is 32.0 Å². The molecule has 1 aliphatic rings. The Bertz CT molecular complexity index is 1660. The highest BCUT2D eigenvalue weighted by Crippen LogP contribution is 2.36. The lowest BCUT2D eigenvalue weighted by Crippen LogP contribution is -2.35. The number of fused-ring (bicyclic) bond motifs is 2. The summed E-state index contributed by atoms with van der Waals surface area (Å²) < 4.78 is 7.16. The third-order valence-corrected chi connectivity index (χ3v) is 7.12. The van der Waals surface area contributed by atoms with E-state index in [1.54, 1.807) is 23.0 Å². The molecule has 6 rings (SSSR count). The van der Waals surface area contributed by atoms with Crippen molar-refractivity contribution < 1.29 is 14.6 Å². The number of anilines is 1. The topological polar surface area (TPSA) is 122 Å². The van der Waals surface area contributed by atoms with Gasteiger partial charge in [0.25, 0.3) is 0 Å². The van der Waals surface area contributed by atoms with Gasteiger partial charge in [-0.05, 0) is 49.2 Å². The Morgan fingerprint density at radius 1 is 1.11 bits per heavy atom. The number of rotatable bonds is 5. The summed E-state index contributed by atoms with van der Waals surface area (Å²) in [5, 5.41) is 11.3. The number of H-pyrrole nitrogens is 1. The monoisotopic (exact) mass is 496 g/mol. The Balaban J connectivity index is 1.43. The predicted octanol–water partition coefficient (Wildman–Crippen LogP) is 3.87. The van der Waals surface area contributed by atoms with Crippen LogP contribution in [0.25, 0.3) is 27.8 Å². The average Bonchev–Trinajstić information content (AvgIpc) is 3.45. The fourth-order valence-electron chi connectivity index (χ4n) is 5.19. The maximum absolute atomic E-state index is 13.9. The molecule has 4 heterocycles. The quantitative estimate of drug-likeness (QED) is 0.316. The van der Waals surface area contributed by atoms with Crippen molar-refractivity contribution in [2.45, 2.75) is 20.4 Å². The van der Waals surface area contributed by atoms with Crippen LogP contribution in [-0.2, 0) is 11.3 Å². The van der Waals surface area contributed by atoms with Gasteiger partial charge in [-0.2, -0.15) is 0 Å². The largest absolute Gasteiger partial charge is 0.508 e. The molecule has 0 bridgehead atoms. The van der Waals surface area contributed by atoms with Gasteiger partial charge in [-0.15, -0.1) is 0 Å². The van der Waals surface area contributed by atoms with Crippen LogP contribution in [0.15, 0.2) is 48.8 Å². The van der Waals surface area contributed by atoms with Gasteiger partial charge in [0.15, 0.2) is 5.65 Å². The number of carbonyl (C=O) groups excluding carboxylic acids is 1. The minimum atomic E-state index is -0.261. The lowest BCUT2D eigenvalue weighted by molar-refractivity contribution is 0.0342. The maximum Gasteiger partial charge on any atom is 0.215 e. The minimum Gasteiger partial charge on any atom is -0.508 e. The Labute approximate surface area is 213 Å². The van der Waals surface area contributed by atoms with Gasteiger partial charge >= 0.3 is 0 Å². The van der Waals surface area contributed by atoms with E-state index in [2.05, 4.69) is 32.0 Å². The zero-order valence-electron chi connectivity index (χ0n) is 20.8. The standard InChI is InChI=1S/C28H28N6O3/c1-16-3-6-22(35)17(2)25(16)34-27(29)23(24-28(34)31-8-7-30-24)26(36)21-14-19-13-18(4-5-20(19)32-21)15-33-9-11-37-12-10-33/h3-8,13-14,32,35H,9-12,15,29H2,1-2H3. The molecule has 0 aliphatic carbocycles. The molecule has 37 heavy (non-hydrogen) atoms. The summed E-state index contributed by atoms with van der Waals surface area (Å²) in [5.74, 6) is 0.111. The molecular weight excluding hydrogens is 468 g/mol. The van der Waals surface area contributed by atoms with Crippen LogP contribution in [0.3, 0.4) is 0 Å². The molecule has 1 saturated heterocycles. The molecule has 9 heteroatoms. The Morgan fingerprint density at radius 2 is 1.89 bits per heavy atom.